The van der Waals surface area contributed by atoms with Crippen molar-refractivity contribution in [3.05, 3.63) is 40.4 Å². The summed E-state index contributed by atoms with van der Waals surface area (Å²) in [5, 5.41) is 5.92. The number of aromatic nitrogens is 1. The second-order valence-corrected chi connectivity index (χ2v) is 7.68. The number of amides is 2. The van der Waals surface area contributed by atoms with E-state index in [1.54, 1.807) is 29.2 Å². The molecular formula is C19H25Cl2N4O2S-. The maximum Gasteiger partial charge on any atom is 0.230 e. The van der Waals surface area contributed by atoms with Crippen molar-refractivity contribution in [2.45, 2.75) is 26.2 Å². The molecule has 1 aromatic carbocycles. The Bertz CT molecular complexity index is 766. The molecule has 0 bridgehead atoms. The van der Waals surface area contributed by atoms with Crippen molar-refractivity contribution in [2.24, 2.45) is 0 Å². The molecule has 0 aliphatic heterocycles. The average molecular weight is 444 g/mol. The Hall–Kier alpha value is -1.67. The highest BCUT2D eigenvalue weighted by atomic mass is 35.5. The van der Waals surface area contributed by atoms with Crippen LogP contribution >= 0.6 is 22.9 Å². The van der Waals surface area contributed by atoms with Gasteiger partial charge in [0.2, 0.25) is 11.8 Å². The van der Waals surface area contributed by atoms with Crippen molar-refractivity contribution in [1.29, 1.82) is 0 Å². The van der Waals surface area contributed by atoms with Gasteiger partial charge in [0.15, 0.2) is 5.13 Å². The van der Waals surface area contributed by atoms with Gasteiger partial charge >= 0.3 is 0 Å². The predicted octanol–water partition coefficient (Wildman–Crippen LogP) is 0.676. The fraction of sp³-hybridized carbons (Fsp3) is 0.421. The van der Waals surface area contributed by atoms with Gasteiger partial charge in [0.1, 0.15) is 0 Å². The lowest BCUT2D eigenvalue weighted by atomic mass is 10.3. The molecule has 0 saturated carbocycles. The molecule has 0 spiro atoms. The third-order valence-corrected chi connectivity index (χ3v) is 5.00. The predicted molar refractivity (Wildman–Crippen MR) is 112 cm³/mol. The van der Waals surface area contributed by atoms with E-state index in [4.69, 9.17) is 11.6 Å². The van der Waals surface area contributed by atoms with Crippen LogP contribution in [0.4, 0.5) is 10.8 Å². The van der Waals surface area contributed by atoms with Crippen molar-refractivity contribution >= 4 is 45.6 Å². The van der Waals surface area contributed by atoms with Crippen LogP contribution < -0.4 is 22.6 Å². The number of benzene rings is 1. The molecule has 0 atom stereocenters. The summed E-state index contributed by atoms with van der Waals surface area (Å²) in [4.78, 5) is 32.8. The fourth-order valence-electron chi connectivity index (χ4n) is 2.47. The minimum Gasteiger partial charge on any atom is -1.00 e. The number of nitrogens with one attached hydrogen (secondary N) is 1. The average Bonchev–Trinajstić information content (AvgIpc) is 3.07. The van der Waals surface area contributed by atoms with Gasteiger partial charge in [-0.15, -0.1) is 11.3 Å². The van der Waals surface area contributed by atoms with Gasteiger partial charge in [-0.1, -0.05) is 18.5 Å². The van der Waals surface area contributed by atoms with Gasteiger partial charge in [-0.3, -0.25) is 14.5 Å². The SMILES string of the molecule is CCC(=O)N(CCCN(C)C)c1nc(CC(=O)Nc2ccc(Cl)cc2)cs1.[Cl-]. The normalized spacial score (nSPS) is 10.5. The molecule has 0 unspecified atom stereocenters. The Kier molecular flexibility index (Phi) is 10.5. The van der Waals surface area contributed by atoms with Crippen LogP contribution in [0.2, 0.25) is 5.02 Å². The number of carbonyl (C=O) groups excluding carboxylic acids is 2. The van der Waals surface area contributed by atoms with Crippen LogP contribution in [0, 0.1) is 0 Å². The van der Waals surface area contributed by atoms with Gasteiger partial charge in [-0.25, -0.2) is 4.98 Å². The van der Waals surface area contributed by atoms with Crippen LogP contribution in [0.5, 0.6) is 0 Å². The third-order valence-electron chi connectivity index (χ3n) is 3.83. The number of halogens is 2. The van der Waals surface area contributed by atoms with Crippen molar-refractivity contribution in [1.82, 2.24) is 9.88 Å². The smallest absolute Gasteiger partial charge is 0.230 e. The largest absolute Gasteiger partial charge is 1.00 e. The molecule has 9 heteroatoms. The van der Waals surface area contributed by atoms with E-state index in [1.165, 1.54) is 11.3 Å². The monoisotopic (exact) mass is 443 g/mol. The molecular weight excluding hydrogens is 419 g/mol. The number of hydrogen-bond donors (Lipinski definition) is 1. The summed E-state index contributed by atoms with van der Waals surface area (Å²) < 4.78 is 0. The number of hydrogen-bond acceptors (Lipinski definition) is 5. The lowest BCUT2D eigenvalue weighted by Gasteiger charge is -2.20. The zero-order valence-corrected chi connectivity index (χ0v) is 18.6. The summed E-state index contributed by atoms with van der Waals surface area (Å²) in [7, 11) is 4.01. The molecule has 2 amide bonds. The topological polar surface area (TPSA) is 65.5 Å². The second kappa shape index (κ2) is 12.0. The van der Waals surface area contributed by atoms with Crippen LogP contribution in [0.3, 0.4) is 0 Å². The number of nitrogens with zero attached hydrogens (tertiary/aromatic N) is 3. The van der Waals surface area contributed by atoms with Crippen LogP contribution in [0.25, 0.3) is 0 Å². The molecule has 154 valence electrons. The van der Waals surface area contributed by atoms with E-state index in [9.17, 15) is 9.59 Å². The maximum atomic E-state index is 12.3. The Labute approximate surface area is 181 Å². The summed E-state index contributed by atoms with van der Waals surface area (Å²) in [6.07, 6.45) is 1.45. The molecule has 0 radical (unpaired) electrons. The van der Waals surface area contributed by atoms with Crippen molar-refractivity contribution < 1.29 is 22.0 Å². The van der Waals surface area contributed by atoms with Crippen LogP contribution in [0.1, 0.15) is 25.5 Å². The van der Waals surface area contributed by atoms with E-state index in [2.05, 4.69) is 15.2 Å². The van der Waals surface area contributed by atoms with Crippen LogP contribution in [0.15, 0.2) is 29.6 Å². The molecule has 0 aliphatic carbocycles. The van der Waals surface area contributed by atoms with Gasteiger partial charge in [0, 0.05) is 29.1 Å². The quantitative estimate of drug-likeness (QED) is 0.618. The molecule has 0 saturated heterocycles. The standard InChI is InChI=1S/C19H25ClN4O2S.ClH/c1-4-18(26)24(11-5-10-23(2)3)19-22-16(13-27-19)12-17(25)21-15-8-6-14(20)7-9-15;/h6-9,13H,4-5,10-12H2,1-3H3,(H,21,25);1H/p-1. The first-order valence-corrected chi connectivity index (χ1v) is 10.1. The summed E-state index contributed by atoms with van der Waals surface area (Å²) in [5.41, 5.74) is 1.34. The Morgan fingerprint density at radius 1 is 1.18 bits per heavy atom. The van der Waals surface area contributed by atoms with E-state index in [0.717, 1.165) is 13.0 Å². The molecule has 1 aromatic heterocycles. The summed E-state index contributed by atoms with van der Waals surface area (Å²) in [5.74, 6) is -0.115. The Morgan fingerprint density at radius 2 is 1.86 bits per heavy atom. The molecule has 6 nitrogen and oxygen atoms in total. The molecule has 1 heterocycles. The molecule has 2 rings (SSSR count). The zero-order chi connectivity index (χ0) is 19.8. The summed E-state index contributed by atoms with van der Waals surface area (Å²) in [6, 6.07) is 6.94. The van der Waals surface area contributed by atoms with Crippen molar-refractivity contribution in [3.8, 4) is 0 Å². The van der Waals surface area contributed by atoms with Gasteiger partial charge < -0.3 is 22.6 Å². The first-order valence-electron chi connectivity index (χ1n) is 8.84. The van der Waals surface area contributed by atoms with Crippen molar-refractivity contribution in [2.75, 3.05) is 37.4 Å². The van der Waals surface area contributed by atoms with Gasteiger partial charge in [0.05, 0.1) is 12.1 Å². The number of carbonyl (C=O) groups is 2. The highest BCUT2D eigenvalue weighted by Crippen LogP contribution is 2.22. The minimum absolute atomic E-state index is 0. The van der Waals surface area contributed by atoms with Crippen molar-refractivity contribution in [3.63, 3.8) is 0 Å². The molecule has 0 fully saturated rings. The first kappa shape index (κ1) is 24.4. The van der Waals surface area contributed by atoms with Gasteiger partial charge in [0.25, 0.3) is 0 Å². The molecule has 0 aliphatic rings. The fourth-order valence-corrected chi connectivity index (χ4v) is 3.46. The second-order valence-electron chi connectivity index (χ2n) is 6.41. The van der Waals surface area contributed by atoms with Gasteiger partial charge in [-0.05, 0) is 51.3 Å². The van der Waals surface area contributed by atoms with E-state index in [1.807, 2.05) is 26.4 Å². The zero-order valence-electron chi connectivity index (χ0n) is 16.2. The first-order chi connectivity index (χ1) is 12.9. The molecule has 2 aromatic rings. The van der Waals surface area contributed by atoms with E-state index in [-0.39, 0.29) is 30.6 Å². The highest BCUT2D eigenvalue weighted by molar-refractivity contribution is 7.14. The molecule has 1 N–H and O–H groups in total. The lowest BCUT2D eigenvalue weighted by Crippen LogP contribution is -3.00. The Morgan fingerprint density at radius 3 is 2.46 bits per heavy atom. The maximum absolute atomic E-state index is 12.3. The van der Waals surface area contributed by atoms with E-state index in [0.29, 0.717) is 34.5 Å². The number of thiazole rings is 1. The number of anilines is 2. The van der Waals surface area contributed by atoms with Crippen LogP contribution in [-0.2, 0) is 16.0 Å². The van der Waals surface area contributed by atoms with Gasteiger partial charge in [-0.2, -0.15) is 0 Å². The summed E-state index contributed by atoms with van der Waals surface area (Å²) >= 11 is 7.24. The molecule has 28 heavy (non-hydrogen) atoms. The Balaban J connectivity index is 0.00000392. The number of rotatable bonds is 9. The summed E-state index contributed by atoms with van der Waals surface area (Å²) in [6.45, 7) is 3.36. The minimum atomic E-state index is -0.157. The van der Waals surface area contributed by atoms with Crippen LogP contribution in [-0.4, -0.2) is 48.9 Å². The highest BCUT2D eigenvalue weighted by Gasteiger charge is 2.18. The van der Waals surface area contributed by atoms with E-state index < -0.39 is 0 Å². The third kappa shape index (κ3) is 7.75. The lowest BCUT2D eigenvalue weighted by molar-refractivity contribution is -0.118. The van der Waals surface area contributed by atoms with E-state index >= 15 is 0 Å².